The number of nitrogens with zero attached hydrogens (tertiary/aromatic N) is 2. The van der Waals surface area contributed by atoms with Crippen molar-refractivity contribution < 1.29 is 13.2 Å². The predicted octanol–water partition coefficient (Wildman–Crippen LogP) is 3.04. The number of hydrogen-bond acceptors (Lipinski definition) is 2. The molecular formula is C12H5F3N2. The van der Waals surface area contributed by atoms with Crippen molar-refractivity contribution in [3.8, 4) is 17.3 Å². The summed E-state index contributed by atoms with van der Waals surface area (Å²) >= 11 is 0. The van der Waals surface area contributed by atoms with Crippen LogP contribution in [0, 0.1) is 28.8 Å². The molecule has 0 N–H and O–H groups in total. The first-order chi connectivity index (χ1) is 8.15. The lowest BCUT2D eigenvalue weighted by Crippen LogP contribution is -1.97. The zero-order valence-corrected chi connectivity index (χ0v) is 8.42. The Kier molecular flexibility index (Phi) is 2.79. The van der Waals surface area contributed by atoms with E-state index in [2.05, 4.69) is 4.98 Å². The number of rotatable bonds is 1. The first-order valence-corrected chi connectivity index (χ1v) is 4.64. The first-order valence-electron chi connectivity index (χ1n) is 4.64. The van der Waals surface area contributed by atoms with Gasteiger partial charge < -0.3 is 0 Å². The fourth-order valence-corrected chi connectivity index (χ4v) is 1.42. The third-order valence-electron chi connectivity index (χ3n) is 2.22. The molecule has 2 nitrogen and oxygen atoms in total. The molecule has 0 fully saturated rings. The van der Waals surface area contributed by atoms with Crippen LogP contribution < -0.4 is 0 Å². The van der Waals surface area contributed by atoms with Gasteiger partial charge in [-0.2, -0.15) is 5.26 Å². The van der Waals surface area contributed by atoms with Crippen LogP contribution in [0.2, 0.25) is 0 Å². The van der Waals surface area contributed by atoms with E-state index in [-0.39, 0.29) is 11.3 Å². The van der Waals surface area contributed by atoms with Crippen LogP contribution in [0.25, 0.3) is 11.3 Å². The number of pyridine rings is 1. The summed E-state index contributed by atoms with van der Waals surface area (Å²) in [5, 5.41) is 8.60. The Labute approximate surface area is 95.0 Å². The van der Waals surface area contributed by atoms with Gasteiger partial charge in [0.25, 0.3) is 0 Å². The molecule has 0 saturated carbocycles. The van der Waals surface area contributed by atoms with E-state index < -0.39 is 23.0 Å². The average Bonchev–Trinajstić information content (AvgIpc) is 2.31. The van der Waals surface area contributed by atoms with Crippen LogP contribution in [-0.2, 0) is 0 Å². The molecule has 0 amide bonds. The highest BCUT2D eigenvalue weighted by Crippen LogP contribution is 2.26. The second-order valence-electron chi connectivity index (χ2n) is 3.23. The molecule has 0 saturated heterocycles. The summed E-state index contributed by atoms with van der Waals surface area (Å²) in [6.07, 6.45) is 1.28. The van der Waals surface area contributed by atoms with Gasteiger partial charge in [-0.15, -0.1) is 0 Å². The van der Waals surface area contributed by atoms with Crippen LogP contribution in [-0.4, -0.2) is 4.98 Å². The van der Waals surface area contributed by atoms with E-state index in [0.717, 1.165) is 18.2 Å². The zero-order valence-electron chi connectivity index (χ0n) is 8.42. The molecule has 0 spiro atoms. The Morgan fingerprint density at radius 1 is 1.06 bits per heavy atom. The monoisotopic (exact) mass is 234 g/mol. The minimum absolute atomic E-state index is 0.235. The smallest absolute Gasteiger partial charge is 0.153 e. The van der Waals surface area contributed by atoms with Crippen LogP contribution >= 0.6 is 0 Å². The Balaban J connectivity index is 2.71. The summed E-state index contributed by atoms with van der Waals surface area (Å²) in [4.78, 5) is 3.67. The number of aromatic nitrogens is 1. The van der Waals surface area contributed by atoms with Gasteiger partial charge in [-0.05, 0) is 24.3 Å². The SMILES string of the molecule is N#Cc1c(F)ccc(-c2ncccc2F)c1F. The number of nitriles is 1. The van der Waals surface area contributed by atoms with Crippen LogP contribution in [0.3, 0.4) is 0 Å². The molecule has 0 aliphatic rings. The predicted molar refractivity (Wildman–Crippen MR) is 54.3 cm³/mol. The van der Waals surface area contributed by atoms with Crippen molar-refractivity contribution >= 4 is 0 Å². The summed E-state index contributed by atoms with van der Waals surface area (Å²) in [6.45, 7) is 0. The Morgan fingerprint density at radius 2 is 1.82 bits per heavy atom. The summed E-state index contributed by atoms with van der Waals surface area (Å²) in [7, 11) is 0. The lowest BCUT2D eigenvalue weighted by molar-refractivity contribution is 0.575. The quantitative estimate of drug-likeness (QED) is 0.760. The highest BCUT2D eigenvalue weighted by molar-refractivity contribution is 5.63. The van der Waals surface area contributed by atoms with Gasteiger partial charge in [0.2, 0.25) is 0 Å². The van der Waals surface area contributed by atoms with E-state index in [1.165, 1.54) is 18.3 Å². The Hall–Kier alpha value is -2.35. The minimum Gasteiger partial charge on any atom is -0.253 e. The molecule has 0 aliphatic carbocycles. The van der Waals surface area contributed by atoms with Gasteiger partial charge in [-0.3, -0.25) is 4.98 Å². The van der Waals surface area contributed by atoms with E-state index in [1.807, 2.05) is 0 Å². The third kappa shape index (κ3) is 1.85. The fraction of sp³-hybridized carbons (Fsp3) is 0. The van der Waals surface area contributed by atoms with Crippen LogP contribution in [0.4, 0.5) is 13.2 Å². The number of hydrogen-bond donors (Lipinski definition) is 0. The molecule has 1 heterocycles. The molecular weight excluding hydrogens is 229 g/mol. The van der Waals surface area contributed by atoms with Gasteiger partial charge >= 0.3 is 0 Å². The molecule has 84 valence electrons. The van der Waals surface area contributed by atoms with E-state index in [9.17, 15) is 13.2 Å². The minimum atomic E-state index is -1.11. The molecule has 0 bridgehead atoms. The van der Waals surface area contributed by atoms with Crippen molar-refractivity contribution in [2.75, 3.05) is 0 Å². The van der Waals surface area contributed by atoms with Crippen LogP contribution in [0.5, 0.6) is 0 Å². The summed E-state index contributed by atoms with van der Waals surface area (Å²) in [6, 6.07) is 5.81. The average molecular weight is 234 g/mol. The first kappa shape index (κ1) is 11.1. The van der Waals surface area contributed by atoms with Gasteiger partial charge in [-0.25, -0.2) is 13.2 Å². The molecule has 1 aromatic heterocycles. The second-order valence-corrected chi connectivity index (χ2v) is 3.23. The van der Waals surface area contributed by atoms with Gasteiger partial charge in [0.15, 0.2) is 5.82 Å². The van der Waals surface area contributed by atoms with E-state index in [1.54, 1.807) is 0 Å². The Bertz CT molecular complexity index is 618. The van der Waals surface area contributed by atoms with Gasteiger partial charge in [0, 0.05) is 11.8 Å². The van der Waals surface area contributed by atoms with Crippen molar-refractivity contribution in [1.29, 1.82) is 5.26 Å². The molecule has 0 radical (unpaired) electrons. The highest BCUT2D eigenvalue weighted by Gasteiger charge is 2.17. The fourth-order valence-electron chi connectivity index (χ4n) is 1.42. The third-order valence-corrected chi connectivity index (χ3v) is 2.22. The van der Waals surface area contributed by atoms with Gasteiger partial charge in [0.1, 0.15) is 29.0 Å². The normalized spacial score (nSPS) is 10.0. The van der Waals surface area contributed by atoms with Crippen molar-refractivity contribution in [3.05, 3.63) is 53.5 Å². The molecule has 0 atom stereocenters. The molecule has 0 aliphatic heterocycles. The van der Waals surface area contributed by atoms with Crippen molar-refractivity contribution in [3.63, 3.8) is 0 Å². The topological polar surface area (TPSA) is 36.7 Å². The maximum atomic E-state index is 13.7. The zero-order chi connectivity index (χ0) is 12.4. The summed E-state index contributed by atoms with van der Waals surface area (Å²) in [5.41, 5.74) is -1.23. The number of benzene rings is 1. The van der Waals surface area contributed by atoms with Crippen LogP contribution in [0.1, 0.15) is 5.56 Å². The maximum absolute atomic E-state index is 13.7. The van der Waals surface area contributed by atoms with Crippen molar-refractivity contribution in [1.82, 2.24) is 4.98 Å². The molecule has 2 rings (SSSR count). The van der Waals surface area contributed by atoms with E-state index in [0.29, 0.717) is 0 Å². The molecule has 2 aromatic rings. The standard InChI is InChI=1S/C12H5F3N2/c13-9-4-3-7(11(15)8(9)6-16)12-10(14)2-1-5-17-12/h1-5H. The summed E-state index contributed by atoms with van der Waals surface area (Å²) in [5.74, 6) is -2.82. The Morgan fingerprint density at radius 3 is 2.47 bits per heavy atom. The lowest BCUT2D eigenvalue weighted by Gasteiger charge is -2.05. The van der Waals surface area contributed by atoms with Crippen LogP contribution in [0.15, 0.2) is 30.5 Å². The largest absolute Gasteiger partial charge is 0.253 e. The molecule has 1 aromatic carbocycles. The highest BCUT2D eigenvalue weighted by atomic mass is 19.1. The summed E-state index contributed by atoms with van der Waals surface area (Å²) < 4.78 is 40.2. The van der Waals surface area contributed by atoms with E-state index in [4.69, 9.17) is 5.26 Å². The van der Waals surface area contributed by atoms with Gasteiger partial charge in [-0.1, -0.05) is 0 Å². The number of halogens is 3. The maximum Gasteiger partial charge on any atom is 0.153 e. The molecule has 17 heavy (non-hydrogen) atoms. The van der Waals surface area contributed by atoms with E-state index >= 15 is 0 Å². The lowest BCUT2D eigenvalue weighted by atomic mass is 10.1. The molecule has 5 heteroatoms. The molecule has 0 unspecified atom stereocenters. The van der Waals surface area contributed by atoms with Gasteiger partial charge in [0.05, 0.1) is 0 Å². The van der Waals surface area contributed by atoms with Crippen molar-refractivity contribution in [2.24, 2.45) is 0 Å². The second kappa shape index (κ2) is 4.26. The van der Waals surface area contributed by atoms with Crippen molar-refractivity contribution in [2.45, 2.75) is 0 Å².